The molecule has 1 atom stereocenters. The second-order valence-electron chi connectivity index (χ2n) is 12.5. The van der Waals surface area contributed by atoms with Crippen molar-refractivity contribution >= 4 is 34.2 Å². The highest BCUT2D eigenvalue weighted by molar-refractivity contribution is 5.98. The lowest BCUT2D eigenvalue weighted by molar-refractivity contribution is -0.142. The number of rotatable bonds is 12. The van der Waals surface area contributed by atoms with Crippen LogP contribution in [0.1, 0.15) is 41.7 Å². The molecule has 0 aliphatic heterocycles. The molecule has 0 saturated heterocycles. The van der Waals surface area contributed by atoms with Crippen molar-refractivity contribution in [3.05, 3.63) is 141 Å². The minimum Gasteiger partial charge on any atom is -0.497 e. The molecule has 0 spiro atoms. The van der Waals surface area contributed by atoms with Crippen molar-refractivity contribution in [2.75, 3.05) is 12.4 Å². The largest absolute Gasteiger partial charge is 0.497 e. The lowest BCUT2D eigenvalue weighted by atomic mass is 9.84. The number of ether oxygens (including phenoxy) is 1. The molecular weight excluding hydrogens is 606 g/mol. The number of hydrogen-bond donors (Lipinski definition) is 3. The number of benzene rings is 4. The van der Waals surface area contributed by atoms with Crippen LogP contribution < -0.4 is 20.9 Å². The molecule has 0 unspecified atom stereocenters. The van der Waals surface area contributed by atoms with Crippen molar-refractivity contribution in [2.45, 2.75) is 51.6 Å². The number of pyridine rings is 1. The SMILES string of the molecule is COc1ccc(Cn2ccc(C)c(NC(=O)[C@@H](Cc3ccc(C(C)(C)C(=O)O)cc3)NC(=O)Cc3ccc4ccccc4c3)c2=O)cc1. The molecule has 4 aromatic carbocycles. The first kappa shape index (κ1) is 33.7. The number of aromatic nitrogens is 1. The smallest absolute Gasteiger partial charge is 0.313 e. The zero-order chi connectivity index (χ0) is 34.4. The summed E-state index contributed by atoms with van der Waals surface area (Å²) < 4.78 is 6.74. The molecule has 2 amide bonds. The molecule has 0 aliphatic rings. The number of fused-ring (bicyclic) bond motifs is 1. The molecule has 48 heavy (non-hydrogen) atoms. The zero-order valence-corrected chi connectivity index (χ0v) is 27.4. The minimum atomic E-state index is -1.10. The fourth-order valence-corrected chi connectivity index (χ4v) is 5.49. The summed E-state index contributed by atoms with van der Waals surface area (Å²) in [6.45, 7) is 5.27. The number of carboxylic acids is 1. The summed E-state index contributed by atoms with van der Waals surface area (Å²) in [6.07, 6.45) is 1.86. The van der Waals surface area contributed by atoms with Gasteiger partial charge in [0.2, 0.25) is 11.8 Å². The predicted octanol–water partition coefficient (Wildman–Crippen LogP) is 5.64. The van der Waals surface area contributed by atoms with Gasteiger partial charge in [0.25, 0.3) is 5.56 Å². The summed E-state index contributed by atoms with van der Waals surface area (Å²) in [6, 6.07) is 28.7. The van der Waals surface area contributed by atoms with Crippen molar-refractivity contribution in [3.8, 4) is 5.75 Å². The van der Waals surface area contributed by atoms with Crippen LogP contribution in [0.4, 0.5) is 5.69 Å². The molecule has 1 aromatic heterocycles. The Morgan fingerprint density at radius 2 is 1.50 bits per heavy atom. The molecule has 3 N–H and O–H groups in total. The zero-order valence-electron chi connectivity index (χ0n) is 27.4. The van der Waals surface area contributed by atoms with Gasteiger partial charge in [-0.15, -0.1) is 0 Å². The normalized spacial score (nSPS) is 11.9. The van der Waals surface area contributed by atoms with Crippen LogP contribution in [0.5, 0.6) is 5.75 Å². The van der Waals surface area contributed by atoms with Crippen LogP contribution in [0.2, 0.25) is 0 Å². The average Bonchev–Trinajstić information content (AvgIpc) is 3.08. The van der Waals surface area contributed by atoms with E-state index in [0.717, 1.165) is 21.9 Å². The molecule has 0 radical (unpaired) electrons. The van der Waals surface area contributed by atoms with Crippen LogP contribution in [-0.2, 0) is 39.2 Å². The number of amides is 2. The maximum Gasteiger partial charge on any atom is 0.313 e. The van der Waals surface area contributed by atoms with Crippen molar-refractivity contribution < 1.29 is 24.2 Å². The topological polar surface area (TPSA) is 127 Å². The third-order valence-corrected chi connectivity index (χ3v) is 8.61. The monoisotopic (exact) mass is 645 g/mol. The second-order valence-corrected chi connectivity index (χ2v) is 12.5. The highest BCUT2D eigenvalue weighted by Crippen LogP contribution is 2.24. The van der Waals surface area contributed by atoms with Gasteiger partial charge in [-0.25, -0.2) is 0 Å². The van der Waals surface area contributed by atoms with Gasteiger partial charge in [0.05, 0.1) is 25.5 Å². The summed E-state index contributed by atoms with van der Waals surface area (Å²) in [5, 5.41) is 17.4. The van der Waals surface area contributed by atoms with Crippen molar-refractivity contribution in [1.29, 1.82) is 0 Å². The Bertz CT molecular complexity index is 2010. The first-order chi connectivity index (χ1) is 22.9. The van der Waals surface area contributed by atoms with Gasteiger partial charge in [0.1, 0.15) is 17.5 Å². The number of aliphatic carboxylic acids is 1. The molecule has 1 heterocycles. The van der Waals surface area contributed by atoms with Crippen molar-refractivity contribution in [2.24, 2.45) is 0 Å². The first-order valence-electron chi connectivity index (χ1n) is 15.7. The van der Waals surface area contributed by atoms with E-state index in [1.54, 1.807) is 64.4 Å². The summed E-state index contributed by atoms with van der Waals surface area (Å²) in [5.41, 5.74) is 2.24. The fourth-order valence-electron chi connectivity index (χ4n) is 5.49. The second kappa shape index (κ2) is 14.4. The molecular formula is C39H39N3O6. The van der Waals surface area contributed by atoms with Gasteiger partial charge in [0.15, 0.2) is 0 Å². The number of anilines is 1. The summed E-state index contributed by atoms with van der Waals surface area (Å²) in [4.78, 5) is 52.6. The van der Waals surface area contributed by atoms with Crippen LogP contribution >= 0.6 is 0 Å². The van der Waals surface area contributed by atoms with Gasteiger partial charge in [-0.1, -0.05) is 78.9 Å². The van der Waals surface area contributed by atoms with Gasteiger partial charge in [0, 0.05) is 12.6 Å². The van der Waals surface area contributed by atoms with Crippen LogP contribution in [0.25, 0.3) is 10.8 Å². The average molecular weight is 646 g/mol. The maximum atomic E-state index is 13.9. The standard InChI is InChI=1S/C39H39N3O6/c1-25-19-20-42(24-27-12-17-32(48-4)18-13-27)37(45)35(25)41-36(44)33(22-26-10-15-31(16-11-26)39(2,3)38(46)47)40-34(43)23-28-9-14-29-7-5-6-8-30(29)21-28/h5-21,33H,22-24H2,1-4H3,(H,40,43)(H,41,44)(H,46,47)/t33-/m1/s1. The van der Waals surface area contributed by atoms with Crippen LogP contribution in [0.3, 0.4) is 0 Å². The Labute approximate surface area is 279 Å². The van der Waals surface area contributed by atoms with E-state index in [1.807, 2.05) is 66.7 Å². The lowest BCUT2D eigenvalue weighted by Crippen LogP contribution is -2.46. The van der Waals surface area contributed by atoms with Gasteiger partial charge < -0.3 is 25.0 Å². The van der Waals surface area contributed by atoms with Gasteiger partial charge in [-0.2, -0.15) is 0 Å². The first-order valence-corrected chi connectivity index (χ1v) is 15.7. The third kappa shape index (κ3) is 7.81. The summed E-state index contributed by atoms with van der Waals surface area (Å²) >= 11 is 0. The molecule has 0 aliphatic carbocycles. The number of carbonyl (C=O) groups is 3. The Morgan fingerprint density at radius 1 is 0.854 bits per heavy atom. The highest BCUT2D eigenvalue weighted by atomic mass is 16.5. The number of nitrogens with one attached hydrogen (secondary N) is 2. The Kier molecular flexibility index (Phi) is 10.1. The minimum absolute atomic E-state index is 0.0549. The molecule has 0 bridgehead atoms. The van der Waals surface area contributed by atoms with Gasteiger partial charge in [-0.3, -0.25) is 19.2 Å². The van der Waals surface area contributed by atoms with E-state index in [1.165, 1.54) is 4.57 Å². The van der Waals surface area contributed by atoms with E-state index in [2.05, 4.69) is 10.6 Å². The number of methoxy groups -OCH3 is 1. The fraction of sp³-hybridized carbons (Fsp3) is 0.231. The lowest BCUT2D eigenvalue weighted by Gasteiger charge is -2.22. The number of aryl methyl sites for hydroxylation is 1. The van der Waals surface area contributed by atoms with E-state index >= 15 is 0 Å². The molecule has 246 valence electrons. The van der Waals surface area contributed by atoms with Gasteiger partial charge in [-0.05, 0) is 77.6 Å². The van der Waals surface area contributed by atoms with E-state index < -0.39 is 23.3 Å². The predicted molar refractivity (Wildman–Crippen MR) is 187 cm³/mol. The quantitative estimate of drug-likeness (QED) is 0.161. The third-order valence-electron chi connectivity index (χ3n) is 8.61. The highest BCUT2D eigenvalue weighted by Gasteiger charge is 2.30. The summed E-state index contributed by atoms with van der Waals surface area (Å²) in [7, 11) is 1.59. The molecule has 0 saturated carbocycles. The Hall–Kier alpha value is -5.70. The van der Waals surface area contributed by atoms with Crippen LogP contribution in [-0.4, -0.2) is 40.6 Å². The summed E-state index contributed by atoms with van der Waals surface area (Å²) in [5.74, 6) is -1.14. The van der Waals surface area contributed by atoms with E-state index in [-0.39, 0.29) is 36.5 Å². The van der Waals surface area contributed by atoms with E-state index in [0.29, 0.717) is 22.4 Å². The maximum absolute atomic E-state index is 13.9. The van der Waals surface area contributed by atoms with Crippen molar-refractivity contribution in [3.63, 3.8) is 0 Å². The molecule has 5 aromatic rings. The van der Waals surface area contributed by atoms with Gasteiger partial charge >= 0.3 is 5.97 Å². The number of nitrogens with zero attached hydrogens (tertiary/aromatic N) is 1. The molecule has 9 nitrogen and oxygen atoms in total. The number of carboxylic acid groups (broad SMARTS) is 1. The number of carbonyl (C=O) groups excluding carboxylic acids is 2. The van der Waals surface area contributed by atoms with Crippen LogP contribution in [0.15, 0.2) is 108 Å². The van der Waals surface area contributed by atoms with Crippen LogP contribution in [0, 0.1) is 6.92 Å². The van der Waals surface area contributed by atoms with E-state index in [4.69, 9.17) is 4.74 Å². The number of hydrogen-bond acceptors (Lipinski definition) is 5. The van der Waals surface area contributed by atoms with E-state index in [9.17, 15) is 24.3 Å². The molecule has 9 heteroatoms. The Balaban J connectivity index is 1.39. The molecule has 0 fully saturated rings. The molecule has 5 rings (SSSR count). The van der Waals surface area contributed by atoms with Crippen molar-refractivity contribution in [1.82, 2.24) is 9.88 Å². The Morgan fingerprint density at radius 3 is 2.17 bits per heavy atom.